The van der Waals surface area contributed by atoms with E-state index < -0.39 is 0 Å². The quantitative estimate of drug-likeness (QED) is 0.0704. The van der Waals surface area contributed by atoms with Gasteiger partial charge in [0.05, 0.1) is 119 Å². The van der Waals surface area contributed by atoms with Crippen molar-refractivity contribution in [1.29, 1.82) is 0 Å². The van der Waals surface area contributed by atoms with Crippen molar-refractivity contribution in [3.05, 3.63) is 0 Å². The molecule has 0 spiro atoms. The van der Waals surface area contributed by atoms with Crippen LogP contribution in [0.15, 0.2) is 0 Å². The molecule has 0 heterocycles. The molecule has 10 heteroatoms. The first-order chi connectivity index (χ1) is 22.4. The van der Waals surface area contributed by atoms with E-state index in [-0.39, 0.29) is 0 Å². The van der Waals surface area contributed by atoms with Crippen LogP contribution in [-0.4, -0.2) is 133 Å². The van der Waals surface area contributed by atoms with Crippen LogP contribution in [0.25, 0.3) is 0 Å². The van der Waals surface area contributed by atoms with Crippen LogP contribution in [-0.2, 0) is 47.4 Å². The molecule has 0 unspecified atom stereocenters. The number of unbranched alkanes of at least 4 members (excludes halogenated alkanes) is 13. The fraction of sp³-hybridized carbons (Fsp3) is 1.00. The maximum atomic E-state index is 5.67. The SMILES string of the molecule is CCCCCCCCCCCCCCCCOCCOCCOCCOCCOCCOCCOCCOCCOCCOC. The maximum absolute atomic E-state index is 5.67. The van der Waals surface area contributed by atoms with E-state index in [4.69, 9.17) is 47.4 Å². The number of hydrogen-bond acceptors (Lipinski definition) is 10. The molecule has 45 heavy (non-hydrogen) atoms. The summed E-state index contributed by atoms with van der Waals surface area (Å²) in [5.74, 6) is 0. The third-order valence-electron chi connectivity index (χ3n) is 7.05. The molecule has 0 rings (SSSR count). The topological polar surface area (TPSA) is 92.3 Å². The van der Waals surface area contributed by atoms with Gasteiger partial charge in [0.25, 0.3) is 0 Å². The minimum atomic E-state index is 0.534. The smallest absolute Gasteiger partial charge is 0.0701 e. The first-order valence-electron chi connectivity index (χ1n) is 18.1. The predicted molar refractivity (Wildman–Crippen MR) is 180 cm³/mol. The molecular formula is C35H72O10. The molecule has 0 aromatic rings. The number of hydrogen-bond donors (Lipinski definition) is 0. The zero-order valence-electron chi connectivity index (χ0n) is 29.4. The van der Waals surface area contributed by atoms with Gasteiger partial charge in [-0.2, -0.15) is 0 Å². The first-order valence-corrected chi connectivity index (χ1v) is 18.1. The highest BCUT2D eigenvalue weighted by Crippen LogP contribution is 2.13. The summed E-state index contributed by atoms with van der Waals surface area (Å²) >= 11 is 0. The van der Waals surface area contributed by atoms with Gasteiger partial charge in [-0.3, -0.25) is 0 Å². The largest absolute Gasteiger partial charge is 0.382 e. The lowest BCUT2D eigenvalue weighted by Gasteiger charge is -2.09. The molecule has 0 aliphatic heterocycles. The standard InChI is InChI=1S/C35H72O10/c1-3-4-5-6-7-8-9-10-11-12-13-14-15-16-17-37-20-21-39-24-25-41-28-29-43-32-33-45-35-34-44-31-30-42-27-26-40-23-22-38-19-18-36-2/h3-35H2,1-2H3. The Morgan fingerprint density at radius 2 is 0.422 bits per heavy atom. The first kappa shape index (κ1) is 44.6. The Kier molecular flexibility index (Phi) is 43.2. The molecule has 0 aromatic heterocycles. The molecule has 272 valence electrons. The van der Waals surface area contributed by atoms with Crippen molar-refractivity contribution in [2.24, 2.45) is 0 Å². The van der Waals surface area contributed by atoms with Gasteiger partial charge >= 0.3 is 0 Å². The van der Waals surface area contributed by atoms with Crippen molar-refractivity contribution in [3.63, 3.8) is 0 Å². The monoisotopic (exact) mass is 653 g/mol. The Morgan fingerprint density at radius 3 is 0.667 bits per heavy atom. The van der Waals surface area contributed by atoms with Gasteiger partial charge in [-0.25, -0.2) is 0 Å². The van der Waals surface area contributed by atoms with Crippen molar-refractivity contribution in [2.75, 3.05) is 133 Å². The minimum absolute atomic E-state index is 0.534. The second-order valence-corrected chi connectivity index (χ2v) is 11.1. The summed E-state index contributed by atoms with van der Waals surface area (Å²) in [5, 5.41) is 0. The van der Waals surface area contributed by atoms with Crippen LogP contribution in [0.4, 0.5) is 0 Å². The van der Waals surface area contributed by atoms with Gasteiger partial charge in [0.2, 0.25) is 0 Å². The van der Waals surface area contributed by atoms with Gasteiger partial charge in [-0.05, 0) is 6.42 Å². The molecule has 0 aromatic carbocycles. The molecule has 0 saturated carbocycles. The highest BCUT2D eigenvalue weighted by atomic mass is 16.6. The van der Waals surface area contributed by atoms with Crippen LogP contribution in [0, 0.1) is 0 Å². The summed E-state index contributed by atoms with van der Waals surface area (Å²) in [6.07, 6.45) is 19.3. The molecule has 0 fully saturated rings. The summed E-state index contributed by atoms with van der Waals surface area (Å²) < 4.78 is 54.3. The normalized spacial score (nSPS) is 11.6. The van der Waals surface area contributed by atoms with E-state index in [1.165, 1.54) is 83.5 Å². The number of ether oxygens (including phenoxy) is 10. The summed E-state index contributed by atoms with van der Waals surface area (Å²) in [5.41, 5.74) is 0. The molecule has 0 radical (unpaired) electrons. The van der Waals surface area contributed by atoms with Gasteiger partial charge in [-0.1, -0.05) is 90.4 Å². The van der Waals surface area contributed by atoms with Gasteiger partial charge in [0.1, 0.15) is 0 Å². The van der Waals surface area contributed by atoms with E-state index in [2.05, 4.69) is 6.92 Å². The molecule has 0 amide bonds. The Balaban J connectivity index is 3.03. The van der Waals surface area contributed by atoms with Crippen LogP contribution in [0.5, 0.6) is 0 Å². The summed E-state index contributed by atoms with van der Waals surface area (Å²) in [6.45, 7) is 13.3. The van der Waals surface area contributed by atoms with Crippen LogP contribution < -0.4 is 0 Å². The Labute approximate surface area is 276 Å². The Hall–Kier alpha value is -0.400. The summed E-state index contributed by atoms with van der Waals surface area (Å²) in [6, 6.07) is 0. The molecule has 0 aliphatic rings. The second kappa shape index (κ2) is 43.6. The third-order valence-corrected chi connectivity index (χ3v) is 7.05. The number of rotatable bonds is 42. The van der Waals surface area contributed by atoms with Crippen molar-refractivity contribution in [1.82, 2.24) is 0 Å². The van der Waals surface area contributed by atoms with Crippen LogP contribution in [0.3, 0.4) is 0 Å². The van der Waals surface area contributed by atoms with Gasteiger partial charge < -0.3 is 47.4 Å². The highest BCUT2D eigenvalue weighted by Gasteiger charge is 1.97. The maximum Gasteiger partial charge on any atom is 0.0701 e. The van der Waals surface area contributed by atoms with Crippen LogP contribution in [0.1, 0.15) is 96.8 Å². The van der Waals surface area contributed by atoms with Crippen molar-refractivity contribution in [3.8, 4) is 0 Å². The zero-order valence-corrected chi connectivity index (χ0v) is 29.4. The molecule has 0 aliphatic carbocycles. The Morgan fingerprint density at radius 1 is 0.222 bits per heavy atom. The molecular weight excluding hydrogens is 580 g/mol. The van der Waals surface area contributed by atoms with Gasteiger partial charge in [0.15, 0.2) is 0 Å². The number of methoxy groups -OCH3 is 1. The van der Waals surface area contributed by atoms with E-state index >= 15 is 0 Å². The zero-order chi connectivity index (χ0) is 32.4. The molecule has 0 atom stereocenters. The predicted octanol–water partition coefficient (Wildman–Crippen LogP) is 6.26. The van der Waals surface area contributed by atoms with Gasteiger partial charge in [-0.15, -0.1) is 0 Å². The third kappa shape index (κ3) is 43.6. The van der Waals surface area contributed by atoms with E-state index in [0.29, 0.717) is 119 Å². The fourth-order valence-electron chi connectivity index (χ4n) is 4.40. The lowest BCUT2D eigenvalue weighted by atomic mass is 10.0. The fourth-order valence-corrected chi connectivity index (χ4v) is 4.40. The average Bonchev–Trinajstić information content (AvgIpc) is 3.05. The van der Waals surface area contributed by atoms with E-state index in [0.717, 1.165) is 13.0 Å². The highest BCUT2D eigenvalue weighted by molar-refractivity contribution is 4.49. The van der Waals surface area contributed by atoms with E-state index in [1.54, 1.807) is 7.11 Å². The van der Waals surface area contributed by atoms with E-state index in [9.17, 15) is 0 Å². The minimum Gasteiger partial charge on any atom is -0.382 e. The van der Waals surface area contributed by atoms with Crippen molar-refractivity contribution in [2.45, 2.75) is 96.8 Å². The van der Waals surface area contributed by atoms with Crippen molar-refractivity contribution >= 4 is 0 Å². The van der Waals surface area contributed by atoms with Crippen LogP contribution >= 0.6 is 0 Å². The summed E-state index contributed by atoms with van der Waals surface area (Å²) in [4.78, 5) is 0. The molecule has 0 bridgehead atoms. The van der Waals surface area contributed by atoms with Crippen LogP contribution in [0.2, 0.25) is 0 Å². The molecule has 0 N–H and O–H groups in total. The lowest BCUT2D eigenvalue weighted by Crippen LogP contribution is -2.15. The Bertz CT molecular complexity index is 459. The van der Waals surface area contributed by atoms with Gasteiger partial charge in [0, 0.05) is 13.7 Å². The summed E-state index contributed by atoms with van der Waals surface area (Å²) in [7, 11) is 1.65. The molecule has 0 saturated heterocycles. The average molecular weight is 653 g/mol. The van der Waals surface area contributed by atoms with Crippen molar-refractivity contribution < 1.29 is 47.4 Å². The second-order valence-electron chi connectivity index (χ2n) is 11.1. The lowest BCUT2D eigenvalue weighted by molar-refractivity contribution is -0.0259. The van der Waals surface area contributed by atoms with E-state index in [1.807, 2.05) is 0 Å². The molecule has 10 nitrogen and oxygen atoms in total.